The average Bonchev–Trinajstić information content (AvgIpc) is 3.13. The SMILES string of the molecule is COC(=O)[C@H](CNC(=O)OC(C)(C)C)NC(=O)c1sc(NC(=O)CCc2cccc(O)c2)nc1C. The second-order valence-electron chi connectivity index (χ2n) is 8.58. The number of hydrogen-bond acceptors (Lipinski definition) is 9. The number of anilines is 1. The molecule has 1 heterocycles. The summed E-state index contributed by atoms with van der Waals surface area (Å²) in [6.07, 6.45) is -0.168. The fourth-order valence-corrected chi connectivity index (χ4v) is 3.76. The highest BCUT2D eigenvalue weighted by molar-refractivity contribution is 7.17. The van der Waals surface area contributed by atoms with E-state index >= 15 is 0 Å². The first-order valence-corrected chi connectivity index (χ1v) is 11.6. The van der Waals surface area contributed by atoms with E-state index in [-0.39, 0.29) is 34.6 Å². The zero-order valence-corrected chi connectivity index (χ0v) is 21.1. The molecule has 0 fully saturated rings. The lowest BCUT2D eigenvalue weighted by Gasteiger charge is -2.21. The molecule has 2 aromatic rings. The Kier molecular flexibility index (Phi) is 9.58. The van der Waals surface area contributed by atoms with Crippen molar-refractivity contribution in [2.75, 3.05) is 19.0 Å². The molecule has 2 rings (SSSR count). The van der Waals surface area contributed by atoms with Crippen molar-refractivity contribution >= 4 is 40.3 Å². The van der Waals surface area contributed by atoms with Gasteiger partial charge in [-0.1, -0.05) is 23.5 Å². The number of aryl methyl sites for hydroxylation is 2. The van der Waals surface area contributed by atoms with Crippen LogP contribution in [0.1, 0.15) is 48.1 Å². The predicted octanol–water partition coefficient (Wildman–Crippen LogP) is 2.52. The molecule has 0 spiro atoms. The Hall–Kier alpha value is -3.67. The number of carbonyl (C=O) groups excluding carboxylic acids is 4. The van der Waals surface area contributed by atoms with E-state index in [4.69, 9.17) is 9.47 Å². The highest BCUT2D eigenvalue weighted by atomic mass is 32.1. The number of aromatic hydroxyl groups is 1. The predicted molar refractivity (Wildman–Crippen MR) is 129 cm³/mol. The summed E-state index contributed by atoms with van der Waals surface area (Å²) in [7, 11) is 1.16. The van der Waals surface area contributed by atoms with Gasteiger partial charge in [0.1, 0.15) is 22.3 Å². The molecule has 0 aliphatic rings. The summed E-state index contributed by atoms with van der Waals surface area (Å²) < 4.78 is 9.84. The number of ether oxygens (including phenoxy) is 2. The molecule has 11 nitrogen and oxygen atoms in total. The standard InChI is InChI=1S/C23H30N4O7S/c1-13-18(19(30)26-16(20(31)33-5)12-24-22(32)34-23(2,3)4)35-21(25-13)27-17(29)10-9-14-7-6-8-15(28)11-14/h6-8,11,16,28H,9-10,12H2,1-5H3,(H,24,32)(H,26,30)(H,25,27,29)/t16-/m0/s1. The average molecular weight is 507 g/mol. The number of thiazole rings is 1. The maximum Gasteiger partial charge on any atom is 0.407 e. The quantitative estimate of drug-likeness (QED) is 0.378. The Morgan fingerprint density at radius 2 is 1.91 bits per heavy atom. The molecule has 35 heavy (non-hydrogen) atoms. The van der Waals surface area contributed by atoms with Crippen LogP contribution in [0.25, 0.3) is 0 Å². The monoisotopic (exact) mass is 506 g/mol. The van der Waals surface area contributed by atoms with Crippen molar-refractivity contribution in [1.82, 2.24) is 15.6 Å². The van der Waals surface area contributed by atoms with Crippen molar-refractivity contribution in [2.24, 2.45) is 0 Å². The van der Waals surface area contributed by atoms with Crippen LogP contribution in [0.3, 0.4) is 0 Å². The van der Waals surface area contributed by atoms with Crippen molar-refractivity contribution in [3.8, 4) is 5.75 Å². The van der Waals surface area contributed by atoms with Crippen molar-refractivity contribution < 1.29 is 33.8 Å². The molecule has 0 aliphatic carbocycles. The van der Waals surface area contributed by atoms with Crippen molar-refractivity contribution in [2.45, 2.75) is 52.2 Å². The maximum absolute atomic E-state index is 12.8. The van der Waals surface area contributed by atoms with Gasteiger partial charge in [-0.2, -0.15) is 0 Å². The smallest absolute Gasteiger partial charge is 0.407 e. The number of methoxy groups -OCH3 is 1. The molecule has 0 saturated heterocycles. The van der Waals surface area contributed by atoms with E-state index in [1.807, 2.05) is 0 Å². The summed E-state index contributed by atoms with van der Waals surface area (Å²) in [5.74, 6) is -1.54. The normalized spacial score (nSPS) is 11.8. The van der Waals surface area contributed by atoms with Crippen LogP contribution in [-0.2, 0) is 25.5 Å². The lowest BCUT2D eigenvalue weighted by Crippen LogP contribution is -2.49. The number of carbonyl (C=O) groups is 4. The third-order valence-electron chi connectivity index (χ3n) is 4.44. The minimum atomic E-state index is -1.16. The molecule has 190 valence electrons. The van der Waals surface area contributed by atoms with Gasteiger partial charge in [0.25, 0.3) is 5.91 Å². The second-order valence-corrected chi connectivity index (χ2v) is 9.58. The van der Waals surface area contributed by atoms with Crippen LogP contribution in [0.5, 0.6) is 5.75 Å². The second kappa shape index (κ2) is 12.2. The van der Waals surface area contributed by atoms with Gasteiger partial charge in [-0.3, -0.25) is 9.59 Å². The number of aromatic nitrogens is 1. The summed E-state index contributed by atoms with van der Waals surface area (Å²) in [5.41, 5.74) is 0.446. The molecule has 0 radical (unpaired) electrons. The van der Waals surface area contributed by atoms with E-state index in [0.29, 0.717) is 12.1 Å². The lowest BCUT2D eigenvalue weighted by molar-refractivity contribution is -0.142. The van der Waals surface area contributed by atoms with Gasteiger partial charge in [0.2, 0.25) is 5.91 Å². The fourth-order valence-electron chi connectivity index (χ4n) is 2.87. The van der Waals surface area contributed by atoms with Gasteiger partial charge in [0.15, 0.2) is 5.13 Å². The zero-order valence-electron chi connectivity index (χ0n) is 20.3. The number of esters is 1. The topological polar surface area (TPSA) is 156 Å². The van der Waals surface area contributed by atoms with Crippen molar-refractivity contribution in [1.29, 1.82) is 0 Å². The van der Waals surface area contributed by atoms with E-state index in [9.17, 15) is 24.3 Å². The minimum absolute atomic E-state index is 0.126. The first-order valence-electron chi connectivity index (χ1n) is 10.8. The van der Waals surface area contributed by atoms with Crippen molar-refractivity contribution in [3.63, 3.8) is 0 Å². The van der Waals surface area contributed by atoms with Crippen LogP contribution in [0.15, 0.2) is 24.3 Å². The molecule has 12 heteroatoms. The number of nitrogens with one attached hydrogen (secondary N) is 3. The molecule has 0 aliphatic heterocycles. The number of rotatable bonds is 9. The van der Waals surface area contributed by atoms with E-state index in [1.54, 1.807) is 52.0 Å². The first kappa shape index (κ1) is 27.6. The number of alkyl carbamates (subject to hydrolysis) is 1. The van der Waals surface area contributed by atoms with Crippen LogP contribution < -0.4 is 16.0 Å². The number of amides is 3. The van der Waals surface area contributed by atoms with Crippen molar-refractivity contribution in [3.05, 3.63) is 40.4 Å². The molecule has 1 aromatic carbocycles. The van der Waals surface area contributed by atoms with Crippen LogP contribution in [0, 0.1) is 6.92 Å². The minimum Gasteiger partial charge on any atom is -0.508 e. The summed E-state index contributed by atoms with van der Waals surface area (Å²) in [6.45, 7) is 6.44. The molecule has 1 atom stereocenters. The zero-order chi connectivity index (χ0) is 26.2. The van der Waals surface area contributed by atoms with Gasteiger partial charge in [0, 0.05) is 6.42 Å². The maximum atomic E-state index is 12.8. The first-order chi connectivity index (χ1) is 16.4. The van der Waals surface area contributed by atoms with Crippen LogP contribution >= 0.6 is 11.3 Å². The van der Waals surface area contributed by atoms with E-state index in [1.165, 1.54) is 0 Å². The van der Waals surface area contributed by atoms with Crippen LogP contribution in [0.2, 0.25) is 0 Å². The van der Waals surface area contributed by atoms with E-state index < -0.39 is 29.6 Å². The summed E-state index contributed by atoms with van der Waals surface area (Å²) in [6, 6.07) is 5.47. The lowest BCUT2D eigenvalue weighted by atomic mass is 10.1. The van der Waals surface area contributed by atoms with Gasteiger partial charge in [-0.15, -0.1) is 0 Å². The summed E-state index contributed by atoms with van der Waals surface area (Å²) in [4.78, 5) is 53.5. The van der Waals surface area contributed by atoms with E-state index in [0.717, 1.165) is 24.0 Å². The third kappa shape index (κ3) is 9.24. The largest absolute Gasteiger partial charge is 0.508 e. The highest BCUT2D eigenvalue weighted by Gasteiger charge is 2.26. The molecule has 0 unspecified atom stereocenters. The van der Waals surface area contributed by atoms with Crippen LogP contribution in [-0.4, -0.2) is 59.3 Å². The highest BCUT2D eigenvalue weighted by Crippen LogP contribution is 2.23. The molecule has 0 saturated carbocycles. The Balaban J connectivity index is 1.97. The molecule has 0 bridgehead atoms. The molecular weight excluding hydrogens is 476 g/mol. The number of hydrogen-bond donors (Lipinski definition) is 4. The third-order valence-corrected chi connectivity index (χ3v) is 5.51. The Bertz CT molecular complexity index is 1080. The number of phenolic OH excluding ortho intramolecular Hbond substituents is 1. The molecule has 1 aromatic heterocycles. The molecule has 4 N–H and O–H groups in total. The van der Waals surface area contributed by atoms with Crippen LogP contribution in [0.4, 0.5) is 9.93 Å². The Morgan fingerprint density at radius 1 is 1.20 bits per heavy atom. The summed E-state index contributed by atoms with van der Waals surface area (Å²) >= 11 is 0.954. The van der Waals surface area contributed by atoms with E-state index in [2.05, 4.69) is 20.9 Å². The number of nitrogens with zero attached hydrogens (tertiary/aromatic N) is 1. The summed E-state index contributed by atoms with van der Waals surface area (Å²) in [5, 5.41) is 17.3. The van der Waals surface area contributed by atoms with Gasteiger partial charge >= 0.3 is 12.1 Å². The van der Waals surface area contributed by atoms with Gasteiger partial charge < -0.3 is 30.5 Å². The fraction of sp³-hybridized carbons (Fsp3) is 0.435. The van der Waals surface area contributed by atoms with Gasteiger partial charge in [-0.25, -0.2) is 14.6 Å². The number of phenols is 1. The Morgan fingerprint density at radius 3 is 2.54 bits per heavy atom. The van der Waals surface area contributed by atoms with Gasteiger partial charge in [-0.05, 0) is 51.8 Å². The number of benzene rings is 1. The molecular formula is C23H30N4O7S. The van der Waals surface area contributed by atoms with Gasteiger partial charge in [0.05, 0.1) is 19.3 Å². The Labute approximate surface area is 207 Å². The molecule has 3 amide bonds.